The van der Waals surface area contributed by atoms with Gasteiger partial charge < -0.3 is 15.1 Å². The van der Waals surface area contributed by atoms with Gasteiger partial charge in [0, 0.05) is 10.0 Å². The second kappa shape index (κ2) is 6.11. The van der Waals surface area contributed by atoms with Crippen LogP contribution in [-0.4, -0.2) is 15.7 Å². The minimum absolute atomic E-state index is 0.00290. The van der Waals surface area contributed by atoms with Gasteiger partial charge in [0.1, 0.15) is 0 Å². The van der Waals surface area contributed by atoms with Crippen molar-refractivity contribution in [3.05, 3.63) is 33.6 Å². The van der Waals surface area contributed by atoms with E-state index in [1.807, 2.05) is 12.1 Å². The molecule has 0 atom stereocenters. The van der Waals surface area contributed by atoms with Crippen LogP contribution < -0.4 is 10.6 Å². The second-order valence-corrected chi connectivity index (χ2v) is 6.68. The Bertz CT molecular complexity index is 594. The van der Waals surface area contributed by atoms with E-state index in [1.54, 1.807) is 6.07 Å². The van der Waals surface area contributed by atoms with E-state index >= 15 is 0 Å². The van der Waals surface area contributed by atoms with Crippen LogP contribution in [0, 0.1) is 0 Å². The molecule has 0 aliphatic heterocycles. The summed E-state index contributed by atoms with van der Waals surface area (Å²) in [5, 5.41) is 14.8. The average molecular weight is 360 g/mol. The molecule has 0 unspecified atom stereocenters. The van der Waals surface area contributed by atoms with Gasteiger partial charge >= 0.3 is 6.01 Å². The Labute approximate surface area is 131 Å². The molecule has 1 aromatic carbocycles. The van der Waals surface area contributed by atoms with Crippen LogP contribution in [0.1, 0.15) is 26.7 Å². The van der Waals surface area contributed by atoms with Gasteiger partial charge in [-0.25, -0.2) is 0 Å². The summed E-state index contributed by atoms with van der Waals surface area (Å²) in [6.07, 6.45) is 0. The molecule has 0 spiro atoms. The zero-order valence-electron chi connectivity index (χ0n) is 11.5. The third-order valence-electron chi connectivity index (χ3n) is 2.41. The molecule has 0 aliphatic carbocycles. The number of anilines is 2. The summed E-state index contributed by atoms with van der Waals surface area (Å²) >= 11 is 9.47. The predicted molar refractivity (Wildman–Crippen MR) is 83.3 cm³/mol. The third kappa shape index (κ3) is 4.47. The average Bonchev–Trinajstić information content (AvgIpc) is 2.77. The largest absolute Gasteiger partial charge is 0.406 e. The molecule has 2 N–H and O–H groups in total. The summed E-state index contributed by atoms with van der Waals surface area (Å²) < 4.78 is 6.41. The molecule has 2 rings (SSSR count). The third-order valence-corrected chi connectivity index (χ3v) is 3.22. The molecule has 0 saturated carbocycles. The quantitative estimate of drug-likeness (QED) is 0.860. The molecule has 0 radical (unpaired) electrons. The molecule has 0 bridgehead atoms. The van der Waals surface area contributed by atoms with Gasteiger partial charge in [0.25, 0.3) is 0 Å². The summed E-state index contributed by atoms with van der Waals surface area (Å²) in [5.41, 5.74) is 0.714. The van der Waals surface area contributed by atoms with Crippen molar-refractivity contribution in [3.63, 3.8) is 0 Å². The number of nitrogens with zero attached hydrogens (tertiary/aromatic N) is 2. The van der Waals surface area contributed by atoms with Gasteiger partial charge in [-0.2, -0.15) is 0 Å². The molecule has 1 heterocycles. The summed E-state index contributed by atoms with van der Waals surface area (Å²) in [6, 6.07) is 5.83. The molecule has 2 aromatic rings. The number of hydrogen-bond donors (Lipinski definition) is 2. The van der Waals surface area contributed by atoms with Crippen molar-refractivity contribution in [3.8, 4) is 0 Å². The Morgan fingerprint density at radius 2 is 2.05 bits per heavy atom. The highest BCUT2D eigenvalue weighted by Crippen LogP contribution is 2.27. The van der Waals surface area contributed by atoms with E-state index < -0.39 is 0 Å². The lowest BCUT2D eigenvalue weighted by Crippen LogP contribution is -2.35. The van der Waals surface area contributed by atoms with Crippen molar-refractivity contribution in [2.75, 3.05) is 5.32 Å². The van der Waals surface area contributed by atoms with E-state index in [4.69, 9.17) is 16.0 Å². The number of aromatic nitrogens is 2. The maximum Gasteiger partial charge on any atom is 0.320 e. The Balaban J connectivity index is 2.02. The molecule has 108 valence electrons. The van der Waals surface area contributed by atoms with E-state index in [-0.39, 0.29) is 5.54 Å². The van der Waals surface area contributed by atoms with Crippen LogP contribution in [0.5, 0.6) is 0 Å². The van der Waals surface area contributed by atoms with E-state index in [2.05, 4.69) is 57.5 Å². The summed E-state index contributed by atoms with van der Waals surface area (Å²) in [5.74, 6) is 0.524. The van der Waals surface area contributed by atoms with Gasteiger partial charge in [0.2, 0.25) is 5.89 Å². The molecule has 1 aromatic heterocycles. The van der Waals surface area contributed by atoms with E-state index in [9.17, 15) is 0 Å². The molecule has 0 aliphatic rings. The Hall–Kier alpha value is -1.11. The molecule has 5 nitrogen and oxygen atoms in total. The summed E-state index contributed by atoms with van der Waals surface area (Å²) in [7, 11) is 0. The highest BCUT2D eigenvalue weighted by molar-refractivity contribution is 9.10. The molecule has 0 amide bonds. The van der Waals surface area contributed by atoms with Gasteiger partial charge in [-0.3, -0.25) is 0 Å². The molecule has 0 fully saturated rings. The number of nitrogens with one attached hydrogen (secondary N) is 2. The van der Waals surface area contributed by atoms with Crippen LogP contribution in [0.4, 0.5) is 11.7 Å². The van der Waals surface area contributed by atoms with Crippen molar-refractivity contribution in [2.45, 2.75) is 32.9 Å². The standard InChI is InChI=1S/C13H16BrClN4O/c1-13(2,3)16-7-11-18-19-12(20-11)17-10-5-4-8(14)6-9(10)15/h4-6,16H,7H2,1-3H3,(H,17,19). The fourth-order valence-corrected chi connectivity index (χ4v) is 2.14. The van der Waals surface area contributed by atoms with Crippen LogP contribution in [0.3, 0.4) is 0 Å². The molecular formula is C13H16BrClN4O. The maximum absolute atomic E-state index is 6.11. The van der Waals surface area contributed by atoms with Crippen LogP contribution in [-0.2, 0) is 6.54 Å². The van der Waals surface area contributed by atoms with Gasteiger partial charge in [0.15, 0.2) is 0 Å². The fraction of sp³-hybridized carbons (Fsp3) is 0.385. The lowest BCUT2D eigenvalue weighted by Gasteiger charge is -2.18. The molecule has 7 heteroatoms. The van der Waals surface area contributed by atoms with Crippen molar-refractivity contribution in [1.29, 1.82) is 0 Å². The first-order valence-electron chi connectivity index (χ1n) is 6.13. The smallest absolute Gasteiger partial charge is 0.320 e. The highest BCUT2D eigenvalue weighted by atomic mass is 79.9. The number of halogens is 2. The van der Waals surface area contributed by atoms with Gasteiger partial charge in [0.05, 0.1) is 17.3 Å². The minimum Gasteiger partial charge on any atom is -0.406 e. The Kier molecular flexibility index (Phi) is 4.67. The maximum atomic E-state index is 6.11. The molecule has 0 saturated heterocycles. The molecular weight excluding hydrogens is 344 g/mol. The first kappa shape index (κ1) is 15.3. The van der Waals surface area contributed by atoms with Crippen molar-refractivity contribution in [2.24, 2.45) is 0 Å². The topological polar surface area (TPSA) is 63.0 Å². The summed E-state index contributed by atoms with van der Waals surface area (Å²) in [6.45, 7) is 6.74. The lowest BCUT2D eigenvalue weighted by atomic mass is 10.1. The van der Waals surface area contributed by atoms with Crippen molar-refractivity contribution in [1.82, 2.24) is 15.5 Å². The minimum atomic E-state index is -0.00290. The van der Waals surface area contributed by atoms with Crippen molar-refractivity contribution < 1.29 is 4.42 Å². The zero-order chi connectivity index (χ0) is 14.8. The monoisotopic (exact) mass is 358 g/mol. The Morgan fingerprint density at radius 3 is 2.70 bits per heavy atom. The fourth-order valence-electron chi connectivity index (χ4n) is 1.42. The Morgan fingerprint density at radius 1 is 1.30 bits per heavy atom. The number of benzene rings is 1. The summed E-state index contributed by atoms with van der Waals surface area (Å²) in [4.78, 5) is 0. The second-order valence-electron chi connectivity index (χ2n) is 5.35. The van der Waals surface area contributed by atoms with Crippen molar-refractivity contribution >= 4 is 39.2 Å². The SMILES string of the molecule is CC(C)(C)NCc1nnc(Nc2ccc(Br)cc2Cl)o1. The zero-order valence-corrected chi connectivity index (χ0v) is 13.8. The number of hydrogen-bond acceptors (Lipinski definition) is 5. The van der Waals surface area contributed by atoms with Crippen LogP contribution in [0.2, 0.25) is 5.02 Å². The normalized spacial score (nSPS) is 11.7. The van der Waals surface area contributed by atoms with Crippen LogP contribution >= 0.6 is 27.5 Å². The van der Waals surface area contributed by atoms with Crippen LogP contribution in [0.15, 0.2) is 27.1 Å². The highest BCUT2D eigenvalue weighted by Gasteiger charge is 2.12. The predicted octanol–water partition coefficient (Wildman–Crippen LogP) is 4.12. The number of rotatable bonds is 4. The molecule has 20 heavy (non-hydrogen) atoms. The lowest BCUT2D eigenvalue weighted by molar-refractivity contribution is 0.384. The van der Waals surface area contributed by atoms with E-state index in [0.29, 0.717) is 29.2 Å². The van der Waals surface area contributed by atoms with Gasteiger partial charge in [-0.05, 0) is 39.0 Å². The van der Waals surface area contributed by atoms with E-state index in [0.717, 1.165) is 4.47 Å². The van der Waals surface area contributed by atoms with Gasteiger partial charge in [-0.15, -0.1) is 5.10 Å². The van der Waals surface area contributed by atoms with Crippen LogP contribution in [0.25, 0.3) is 0 Å². The first-order chi connectivity index (χ1) is 9.33. The first-order valence-corrected chi connectivity index (χ1v) is 7.30. The van der Waals surface area contributed by atoms with E-state index in [1.165, 1.54) is 0 Å². The van der Waals surface area contributed by atoms with Gasteiger partial charge in [-0.1, -0.05) is 32.6 Å².